The highest BCUT2D eigenvalue weighted by molar-refractivity contribution is 7.97. The summed E-state index contributed by atoms with van der Waals surface area (Å²) in [6, 6.07) is 6.43. The average Bonchev–Trinajstić information content (AvgIpc) is 2.44. The Balaban J connectivity index is 2.83. The fourth-order valence-corrected chi connectivity index (χ4v) is 2.39. The van der Waals surface area contributed by atoms with E-state index in [1.54, 1.807) is 23.9 Å². The average molecular weight is 295 g/mol. The van der Waals surface area contributed by atoms with Crippen molar-refractivity contribution in [3.8, 4) is 0 Å². The zero-order valence-electron chi connectivity index (χ0n) is 12.1. The van der Waals surface area contributed by atoms with Gasteiger partial charge in [-0.3, -0.25) is 4.79 Å². The van der Waals surface area contributed by atoms with Gasteiger partial charge in [-0.1, -0.05) is 32.4 Å². The van der Waals surface area contributed by atoms with Crippen molar-refractivity contribution < 1.29 is 14.7 Å². The minimum absolute atomic E-state index is 0.106. The fraction of sp³-hybridized carbons (Fsp3) is 0.467. The standard InChI is InChI=1S/C15H21NO3S/c1-4-10(2)13(15(18)19)16-14(17)12-7-5-6-11(8-12)9-20-3/h5-8,10,13H,4,9H2,1-3H3,(H,16,17)(H,18,19). The van der Waals surface area contributed by atoms with Crippen LogP contribution in [0.2, 0.25) is 0 Å². The highest BCUT2D eigenvalue weighted by Gasteiger charge is 2.25. The van der Waals surface area contributed by atoms with Crippen LogP contribution in [-0.4, -0.2) is 29.3 Å². The molecule has 1 aromatic rings. The number of aliphatic carboxylic acids is 1. The van der Waals surface area contributed by atoms with Crippen molar-refractivity contribution in [1.82, 2.24) is 5.32 Å². The lowest BCUT2D eigenvalue weighted by atomic mass is 9.99. The van der Waals surface area contributed by atoms with Crippen molar-refractivity contribution in [1.29, 1.82) is 0 Å². The van der Waals surface area contributed by atoms with Gasteiger partial charge in [-0.15, -0.1) is 0 Å². The Hall–Kier alpha value is -1.49. The molecule has 0 radical (unpaired) electrons. The molecule has 0 saturated heterocycles. The van der Waals surface area contributed by atoms with Gasteiger partial charge >= 0.3 is 5.97 Å². The van der Waals surface area contributed by atoms with Gasteiger partial charge in [-0.25, -0.2) is 4.79 Å². The Morgan fingerprint density at radius 3 is 2.65 bits per heavy atom. The van der Waals surface area contributed by atoms with Gasteiger partial charge in [0.25, 0.3) is 5.91 Å². The molecule has 2 unspecified atom stereocenters. The van der Waals surface area contributed by atoms with Crippen LogP contribution in [-0.2, 0) is 10.5 Å². The van der Waals surface area contributed by atoms with E-state index in [0.29, 0.717) is 12.0 Å². The molecule has 2 atom stereocenters. The van der Waals surface area contributed by atoms with Crippen LogP contribution in [0.3, 0.4) is 0 Å². The molecule has 1 rings (SSSR count). The summed E-state index contributed by atoms with van der Waals surface area (Å²) in [5.74, 6) is -0.603. The fourth-order valence-electron chi connectivity index (χ4n) is 1.88. The molecule has 2 N–H and O–H groups in total. The Bertz CT molecular complexity index is 476. The molecule has 5 heteroatoms. The lowest BCUT2D eigenvalue weighted by Gasteiger charge is -2.20. The number of hydrogen-bond donors (Lipinski definition) is 2. The molecule has 20 heavy (non-hydrogen) atoms. The van der Waals surface area contributed by atoms with Crippen LogP contribution in [0.15, 0.2) is 24.3 Å². The Labute approximate surface area is 124 Å². The van der Waals surface area contributed by atoms with Crippen LogP contribution in [0, 0.1) is 5.92 Å². The molecule has 0 spiro atoms. The van der Waals surface area contributed by atoms with E-state index < -0.39 is 12.0 Å². The number of carbonyl (C=O) groups excluding carboxylic acids is 1. The summed E-state index contributed by atoms with van der Waals surface area (Å²) >= 11 is 1.68. The third kappa shape index (κ3) is 4.56. The first-order valence-electron chi connectivity index (χ1n) is 6.61. The van der Waals surface area contributed by atoms with Gasteiger partial charge in [0.05, 0.1) is 0 Å². The number of thioether (sulfide) groups is 1. The van der Waals surface area contributed by atoms with Gasteiger partial charge in [0.15, 0.2) is 0 Å². The number of carbonyl (C=O) groups is 2. The zero-order valence-corrected chi connectivity index (χ0v) is 12.9. The molecule has 4 nitrogen and oxygen atoms in total. The molecule has 0 aliphatic rings. The molecule has 0 heterocycles. The van der Waals surface area contributed by atoms with E-state index in [1.807, 2.05) is 32.2 Å². The molecule has 0 fully saturated rings. The second kappa shape index (κ2) is 7.94. The Kier molecular flexibility index (Phi) is 6.58. The predicted octanol–water partition coefficient (Wildman–Crippen LogP) is 2.78. The summed E-state index contributed by atoms with van der Waals surface area (Å²) in [4.78, 5) is 23.4. The van der Waals surface area contributed by atoms with Gasteiger partial charge in [0, 0.05) is 11.3 Å². The number of amides is 1. The number of carboxylic acids is 1. The molecule has 0 aromatic heterocycles. The lowest BCUT2D eigenvalue weighted by molar-refractivity contribution is -0.140. The Morgan fingerprint density at radius 2 is 2.10 bits per heavy atom. The van der Waals surface area contributed by atoms with E-state index in [0.717, 1.165) is 11.3 Å². The maximum Gasteiger partial charge on any atom is 0.326 e. The summed E-state index contributed by atoms with van der Waals surface area (Å²) in [5, 5.41) is 11.8. The van der Waals surface area contributed by atoms with Gasteiger partial charge in [0.2, 0.25) is 0 Å². The monoisotopic (exact) mass is 295 g/mol. The summed E-state index contributed by atoms with van der Waals surface area (Å²) in [6.45, 7) is 3.73. The van der Waals surface area contributed by atoms with Gasteiger partial charge in [-0.2, -0.15) is 11.8 Å². The van der Waals surface area contributed by atoms with Gasteiger partial charge in [-0.05, 0) is 29.9 Å². The molecular formula is C15H21NO3S. The maximum absolute atomic E-state index is 12.2. The third-order valence-corrected chi connectivity index (χ3v) is 3.89. The Morgan fingerprint density at radius 1 is 1.40 bits per heavy atom. The van der Waals surface area contributed by atoms with Crippen molar-refractivity contribution in [2.45, 2.75) is 32.1 Å². The lowest BCUT2D eigenvalue weighted by Crippen LogP contribution is -2.45. The van der Waals surface area contributed by atoms with Crippen LogP contribution in [0.5, 0.6) is 0 Å². The SMILES string of the molecule is CCC(C)C(NC(=O)c1cccc(CSC)c1)C(=O)O. The van der Waals surface area contributed by atoms with Crippen LogP contribution in [0.1, 0.15) is 36.2 Å². The molecule has 0 aliphatic heterocycles. The minimum Gasteiger partial charge on any atom is -0.480 e. The summed E-state index contributed by atoms with van der Waals surface area (Å²) in [5.41, 5.74) is 1.56. The van der Waals surface area contributed by atoms with Crippen LogP contribution >= 0.6 is 11.8 Å². The normalized spacial score (nSPS) is 13.6. The van der Waals surface area contributed by atoms with E-state index >= 15 is 0 Å². The van der Waals surface area contributed by atoms with E-state index in [9.17, 15) is 14.7 Å². The molecule has 0 bridgehead atoms. The van der Waals surface area contributed by atoms with Crippen LogP contribution < -0.4 is 5.32 Å². The maximum atomic E-state index is 12.2. The number of rotatable bonds is 7. The predicted molar refractivity (Wildman–Crippen MR) is 82.0 cm³/mol. The second-order valence-electron chi connectivity index (χ2n) is 4.81. The van der Waals surface area contributed by atoms with E-state index in [1.165, 1.54) is 0 Å². The summed E-state index contributed by atoms with van der Waals surface area (Å²) in [7, 11) is 0. The van der Waals surface area contributed by atoms with Gasteiger partial charge < -0.3 is 10.4 Å². The van der Waals surface area contributed by atoms with Crippen LogP contribution in [0.4, 0.5) is 0 Å². The molecule has 1 aromatic carbocycles. The van der Waals surface area contributed by atoms with E-state index in [4.69, 9.17) is 0 Å². The first kappa shape index (κ1) is 16.6. The van der Waals surface area contributed by atoms with Crippen molar-refractivity contribution >= 4 is 23.6 Å². The molecule has 0 aliphatic carbocycles. The van der Waals surface area contributed by atoms with Crippen molar-refractivity contribution in [3.63, 3.8) is 0 Å². The number of hydrogen-bond acceptors (Lipinski definition) is 3. The van der Waals surface area contributed by atoms with Crippen molar-refractivity contribution in [2.24, 2.45) is 5.92 Å². The zero-order chi connectivity index (χ0) is 15.1. The molecule has 1 amide bonds. The van der Waals surface area contributed by atoms with E-state index in [-0.39, 0.29) is 11.8 Å². The third-order valence-electron chi connectivity index (χ3n) is 3.27. The largest absolute Gasteiger partial charge is 0.480 e. The number of benzene rings is 1. The number of nitrogens with one attached hydrogen (secondary N) is 1. The topological polar surface area (TPSA) is 66.4 Å². The van der Waals surface area contributed by atoms with Gasteiger partial charge in [0.1, 0.15) is 6.04 Å². The quantitative estimate of drug-likeness (QED) is 0.811. The van der Waals surface area contributed by atoms with Crippen molar-refractivity contribution in [3.05, 3.63) is 35.4 Å². The first-order chi connectivity index (χ1) is 9.49. The van der Waals surface area contributed by atoms with E-state index in [2.05, 4.69) is 5.32 Å². The first-order valence-corrected chi connectivity index (χ1v) is 8.00. The smallest absolute Gasteiger partial charge is 0.326 e. The molecular weight excluding hydrogens is 274 g/mol. The molecule has 110 valence electrons. The minimum atomic E-state index is -0.993. The summed E-state index contributed by atoms with van der Waals surface area (Å²) in [6.07, 6.45) is 2.69. The molecule has 0 saturated carbocycles. The highest BCUT2D eigenvalue weighted by Crippen LogP contribution is 2.13. The second-order valence-corrected chi connectivity index (χ2v) is 5.67. The highest BCUT2D eigenvalue weighted by atomic mass is 32.2. The van der Waals surface area contributed by atoms with Crippen molar-refractivity contribution in [2.75, 3.05) is 6.26 Å². The van der Waals surface area contributed by atoms with Crippen LogP contribution in [0.25, 0.3) is 0 Å². The summed E-state index contributed by atoms with van der Waals surface area (Å²) < 4.78 is 0. The number of carboxylic acid groups (broad SMARTS) is 1.